The van der Waals surface area contributed by atoms with Gasteiger partial charge in [0.25, 0.3) is 5.91 Å². The number of hydrogen-bond acceptors (Lipinski definition) is 3. The first-order chi connectivity index (χ1) is 15.2. The van der Waals surface area contributed by atoms with Crippen LogP contribution >= 0.6 is 11.3 Å². The van der Waals surface area contributed by atoms with Crippen LogP contribution < -0.4 is 4.90 Å². The van der Waals surface area contributed by atoms with Crippen LogP contribution in [-0.4, -0.2) is 36.5 Å². The molecule has 4 heteroatoms. The SMILES string of the molecule is O=C(c1cccs1)N(c1ccccc1)C1CC2(CCN(CCc3ccccc3)CC2)C1. The zero-order chi connectivity index (χ0) is 21.1. The normalized spacial score (nSPS) is 18.6. The second-order valence-electron chi connectivity index (χ2n) is 9.13. The predicted molar refractivity (Wildman–Crippen MR) is 129 cm³/mol. The lowest BCUT2D eigenvalue weighted by Gasteiger charge is -2.55. The number of nitrogens with zero attached hydrogens (tertiary/aromatic N) is 2. The standard InChI is InChI=1S/C27H30N2OS/c30-26(25-12-7-19-31-25)29(23-10-5-2-6-11-23)24-20-27(21-24)14-17-28(18-15-27)16-13-22-8-3-1-4-9-22/h1-12,19,24H,13-18,20-21H2. The quantitative estimate of drug-likeness (QED) is 0.487. The van der Waals surface area contributed by atoms with Crippen molar-refractivity contribution in [3.63, 3.8) is 0 Å². The van der Waals surface area contributed by atoms with Gasteiger partial charge in [-0.25, -0.2) is 0 Å². The molecule has 2 aliphatic rings. The van der Waals surface area contributed by atoms with E-state index >= 15 is 0 Å². The second-order valence-corrected chi connectivity index (χ2v) is 10.1. The summed E-state index contributed by atoms with van der Waals surface area (Å²) in [5, 5.41) is 1.99. The van der Waals surface area contributed by atoms with Gasteiger partial charge in [0, 0.05) is 18.3 Å². The molecule has 1 spiro atoms. The maximum absolute atomic E-state index is 13.3. The molecule has 5 rings (SSSR count). The summed E-state index contributed by atoms with van der Waals surface area (Å²) in [6.45, 7) is 3.52. The lowest BCUT2D eigenvalue weighted by atomic mass is 9.60. The van der Waals surface area contributed by atoms with Crippen LogP contribution in [0.25, 0.3) is 0 Å². The molecule has 3 nitrogen and oxygen atoms in total. The number of piperidine rings is 1. The largest absolute Gasteiger partial charge is 0.305 e. The molecule has 1 saturated heterocycles. The van der Waals surface area contributed by atoms with E-state index in [0.717, 1.165) is 36.4 Å². The third kappa shape index (κ3) is 4.46. The lowest BCUT2D eigenvalue weighted by Crippen LogP contribution is -2.56. The molecule has 2 aromatic carbocycles. The van der Waals surface area contributed by atoms with Crippen molar-refractivity contribution in [1.29, 1.82) is 0 Å². The average molecular weight is 431 g/mol. The van der Waals surface area contributed by atoms with E-state index in [4.69, 9.17) is 0 Å². The van der Waals surface area contributed by atoms with Gasteiger partial charge >= 0.3 is 0 Å². The zero-order valence-electron chi connectivity index (χ0n) is 18.0. The van der Waals surface area contributed by atoms with Crippen LogP contribution in [0.2, 0.25) is 0 Å². The summed E-state index contributed by atoms with van der Waals surface area (Å²) in [6, 6.07) is 25.3. The van der Waals surface area contributed by atoms with Gasteiger partial charge in [0.2, 0.25) is 0 Å². The number of carbonyl (C=O) groups excluding carboxylic acids is 1. The van der Waals surface area contributed by atoms with E-state index in [9.17, 15) is 4.79 Å². The highest BCUT2D eigenvalue weighted by molar-refractivity contribution is 7.12. The monoisotopic (exact) mass is 430 g/mol. The summed E-state index contributed by atoms with van der Waals surface area (Å²) in [4.78, 5) is 18.8. The fraction of sp³-hybridized carbons (Fsp3) is 0.370. The number of thiophene rings is 1. The predicted octanol–water partition coefficient (Wildman–Crippen LogP) is 5.88. The number of para-hydroxylation sites is 1. The minimum Gasteiger partial charge on any atom is -0.305 e. The Morgan fingerprint density at radius 1 is 0.935 bits per heavy atom. The van der Waals surface area contributed by atoms with Gasteiger partial charge in [-0.3, -0.25) is 4.79 Å². The molecule has 1 amide bonds. The number of rotatable bonds is 6. The minimum absolute atomic E-state index is 0.154. The van der Waals surface area contributed by atoms with Crippen LogP contribution in [0.15, 0.2) is 78.2 Å². The van der Waals surface area contributed by atoms with Crippen molar-refractivity contribution in [3.8, 4) is 0 Å². The minimum atomic E-state index is 0.154. The Hall–Kier alpha value is -2.43. The third-order valence-electron chi connectivity index (χ3n) is 7.16. The molecule has 160 valence electrons. The molecule has 1 aliphatic carbocycles. The Kier molecular flexibility index (Phi) is 5.93. The smallest absolute Gasteiger partial charge is 0.268 e. The third-order valence-corrected chi connectivity index (χ3v) is 8.02. The number of likely N-dealkylation sites (tertiary alicyclic amines) is 1. The Balaban J connectivity index is 1.20. The fourth-order valence-electron chi connectivity index (χ4n) is 5.32. The van der Waals surface area contributed by atoms with Crippen LogP contribution in [0.5, 0.6) is 0 Å². The Morgan fingerprint density at radius 2 is 1.61 bits per heavy atom. The van der Waals surface area contributed by atoms with E-state index in [1.165, 1.54) is 42.8 Å². The molecule has 1 aromatic heterocycles. The van der Waals surface area contributed by atoms with E-state index in [1.807, 2.05) is 35.7 Å². The van der Waals surface area contributed by atoms with Crippen molar-refractivity contribution in [2.45, 2.75) is 38.1 Å². The maximum Gasteiger partial charge on any atom is 0.268 e. The van der Waals surface area contributed by atoms with Crippen molar-refractivity contribution in [1.82, 2.24) is 4.90 Å². The Bertz CT molecular complexity index is 971. The fourth-order valence-corrected chi connectivity index (χ4v) is 5.98. The van der Waals surface area contributed by atoms with E-state index in [-0.39, 0.29) is 5.91 Å². The van der Waals surface area contributed by atoms with E-state index in [2.05, 4.69) is 52.3 Å². The number of anilines is 1. The summed E-state index contributed by atoms with van der Waals surface area (Å²) < 4.78 is 0. The van der Waals surface area contributed by atoms with Gasteiger partial charge in [-0.15, -0.1) is 11.3 Å². The molecule has 0 atom stereocenters. The van der Waals surface area contributed by atoms with Gasteiger partial charge in [0.1, 0.15) is 0 Å². The van der Waals surface area contributed by atoms with Crippen molar-refractivity contribution in [2.24, 2.45) is 5.41 Å². The van der Waals surface area contributed by atoms with Gasteiger partial charge in [-0.05, 0) is 79.8 Å². The Morgan fingerprint density at radius 3 is 2.26 bits per heavy atom. The molecular weight excluding hydrogens is 400 g/mol. The van der Waals surface area contributed by atoms with E-state index in [1.54, 1.807) is 0 Å². The van der Waals surface area contributed by atoms with Crippen LogP contribution in [-0.2, 0) is 6.42 Å². The molecule has 0 radical (unpaired) electrons. The average Bonchev–Trinajstić information content (AvgIpc) is 3.34. The molecule has 2 heterocycles. The van der Waals surface area contributed by atoms with Gasteiger partial charge in [-0.1, -0.05) is 54.6 Å². The molecule has 31 heavy (non-hydrogen) atoms. The highest BCUT2D eigenvalue weighted by Gasteiger charge is 2.49. The molecule has 1 saturated carbocycles. The highest BCUT2D eigenvalue weighted by atomic mass is 32.1. The van der Waals surface area contributed by atoms with Crippen LogP contribution in [0.3, 0.4) is 0 Å². The number of hydrogen-bond donors (Lipinski definition) is 0. The van der Waals surface area contributed by atoms with E-state index < -0.39 is 0 Å². The molecule has 0 bridgehead atoms. The van der Waals surface area contributed by atoms with Gasteiger partial charge < -0.3 is 9.80 Å². The maximum atomic E-state index is 13.3. The first-order valence-corrected chi connectivity index (χ1v) is 12.3. The van der Waals surface area contributed by atoms with Gasteiger partial charge in [0.05, 0.1) is 4.88 Å². The topological polar surface area (TPSA) is 23.6 Å². The number of benzene rings is 2. The molecule has 2 fully saturated rings. The van der Waals surface area contributed by atoms with Crippen molar-refractivity contribution >= 4 is 22.9 Å². The Labute approximate surface area is 189 Å². The molecule has 1 aliphatic heterocycles. The molecule has 0 N–H and O–H groups in total. The van der Waals surface area contributed by atoms with Crippen LogP contribution in [0, 0.1) is 5.41 Å². The molecular formula is C27H30N2OS. The van der Waals surface area contributed by atoms with E-state index in [0.29, 0.717) is 11.5 Å². The first-order valence-electron chi connectivity index (χ1n) is 11.4. The highest BCUT2D eigenvalue weighted by Crippen LogP contribution is 2.52. The number of amides is 1. The van der Waals surface area contributed by atoms with Gasteiger partial charge in [-0.2, -0.15) is 0 Å². The summed E-state index contributed by atoms with van der Waals surface area (Å²) in [5.41, 5.74) is 2.88. The summed E-state index contributed by atoms with van der Waals surface area (Å²) in [5.74, 6) is 0.154. The molecule has 3 aromatic rings. The summed E-state index contributed by atoms with van der Waals surface area (Å²) >= 11 is 1.54. The zero-order valence-corrected chi connectivity index (χ0v) is 18.8. The molecule has 0 unspecified atom stereocenters. The lowest BCUT2D eigenvalue weighted by molar-refractivity contribution is 0.0157. The van der Waals surface area contributed by atoms with Crippen LogP contribution in [0.4, 0.5) is 5.69 Å². The summed E-state index contributed by atoms with van der Waals surface area (Å²) in [6.07, 6.45) is 5.91. The first kappa shape index (κ1) is 20.5. The number of carbonyl (C=O) groups is 1. The van der Waals surface area contributed by atoms with Crippen molar-refractivity contribution in [2.75, 3.05) is 24.5 Å². The summed E-state index contributed by atoms with van der Waals surface area (Å²) in [7, 11) is 0. The van der Waals surface area contributed by atoms with Crippen molar-refractivity contribution in [3.05, 3.63) is 88.6 Å². The van der Waals surface area contributed by atoms with Gasteiger partial charge in [0.15, 0.2) is 0 Å². The second kappa shape index (κ2) is 8.97. The van der Waals surface area contributed by atoms with Crippen LogP contribution in [0.1, 0.15) is 40.9 Å². The van der Waals surface area contributed by atoms with Crippen molar-refractivity contribution < 1.29 is 4.79 Å².